The van der Waals surface area contributed by atoms with Gasteiger partial charge in [-0.3, -0.25) is 19.5 Å². The van der Waals surface area contributed by atoms with Crippen LogP contribution < -0.4 is 24.4 Å². The number of fused-ring (bicyclic) bond motifs is 1. The summed E-state index contributed by atoms with van der Waals surface area (Å²) in [7, 11) is 2.77. The van der Waals surface area contributed by atoms with Crippen LogP contribution in [-0.4, -0.2) is 36.3 Å². The van der Waals surface area contributed by atoms with Crippen LogP contribution in [0.1, 0.15) is 24.1 Å². The van der Waals surface area contributed by atoms with Gasteiger partial charge in [-0.25, -0.2) is 9.79 Å². The average molecular weight is 522 g/mol. The van der Waals surface area contributed by atoms with Gasteiger partial charge in [-0.2, -0.15) is 0 Å². The van der Waals surface area contributed by atoms with Gasteiger partial charge in [-0.1, -0.05) is 30.1 Å². The molecule has 0 saturated carbocycles. The first-order valence-electron chi connectivity index (χ1n) is 11.1. The number of carbonyl (C=O) groups excluding carboxylic acids is 1. The van der Waals surface area contributed by atoms with E-state index >= 15 is 0 Å². The van der Waals surface area contributed by atoms with Crippen molar-refractivity contribution in [1.29, 1.82) is 0 Å². The van der Waals surface area contributed by atoms with Gasteiger partial charge in [0.2, 0.25) is 0 Å². The molecule has 0 spiro atoms. The molecule has 10 nitrogen and oxygen atoms in total. The van der Waals surface area contributed by atoms with Gasteiger partial charge in [0.15, 0.2) is 16.3 Å². The SMILES string of the molecule is C=CCOc1ccc(C2C(C(=O)OC)=C(C)N=c3sc(=Cc4ccc([N+](=O)[O-])cc4)c(=O)n32)cc1OC. The Balaban J connectivity index is 1.90. The fourth-order valence-electron chi connectivity index (χ4n) is 3.97. The van der Waals surface area contributed by atoms with Gasteiger partial charge in [-0.15, -0.1) is 0 Å². The molecule has 0 bridgehead atoms. The summed E-state index contributed by atoms with van der Waals surface area (Å²) in [6.45, 7) is 5.61. The molecule has 37 heavy (non-hydrogen) atoms. The smallest absolute Gasteiger partial charge is 0.338 e. The molecule has 0 saturated heterocycles. The van der Waals surface area contributed by atoms with Crippen molar-refractivity contribution in [2.45, 2.75) is 13.0 Å². The monoisotopic (exact) mass is 521 g/mol. The molecule has 1 aliphatic rings. The number of nitro groups is 1. The van der Waals surface area contributed by atoms with Crippen molar-refractivity contribution in [2.24, 2.45) is 4.99 Å². The van der Waals surface area contributed by atoms with Crippen LogP contribution in [0.25, 0.3) is 6.08 Å². The predicted molar refractivity (Wildman–Crippen MR) is 138 cm³/mol. The molecule has 0 aliphatic carbocycles. The maximum absolute atomic E-state index is 13.6. The van der Waals surface area contributed by atoms with Gasteiger partial charge < -0.3 is 14.2 Å². The standard InChI is InChI=1S/C26H23N3O7S/c1-5-12-36-19-11-8-17(14-20(19)34-3)23-22(25(31)35-4)15(2)27-26-28(23)24(30)21(37-26)13-16-6-9-18(10-7-16)29(32)33/h5-11,13-14,23H,1,12H2,2-4H3. The second-order valence-corrected chi connectivity index (χ2v) is 8.94. The third kappa shape index (κ3) is 4.94. The van der Waals surface area contributed by atoms with E-state index < -0.39 is 16.9 Å². The molecule has 0 fully saturated rings. The fourth-order valence-corrected chi connectivity index (χ4v) is 5.02. The molecule has 1 aliphatic heterocycles. The highest BCUT2D eigenvalue weighted by Gasteiger charge is 2.33. The van der Waals surface area contributed by atoms with Crippen molar-refractivity contribution in [1.82, 2.24) is 4.57 Å². The highest BCUT2D eigenvalue weighted by Crippen LogP contribution is 2.36. The van der Waals surface area contributed by atoms with Crippen molar-refractivity contribution >= 4 is 29.1 Å². The Bertz CT molecular complexity index is 1600. The molecule has 2 aromatic carbocycles. The second-order valence-electron chi connectivity index (χ2n) is 7.93. The Labute approximate surface area is 215 Å². The Hall–Kier alpha value is -4.51. The number of rotatable bonds is 8. The van der Waals surface area contributed by atoms with Crippen LogP contribution >= 0.6 is 11.3 Å². The summed E-state index contributed by atoms with van der Waals surface area (Å²) in [5, 5.41) is 11.0. The maximum Gasteiger partial charge on any atom is 0.338 e. The van der Waals surface area contributed by atoms with Crippen LogP contribution in [0.2, 0.25) is 0 Å². The number of benzene rings is 2. The quantitative estimate of drug-likeness (QED) is 0.193. The van der Waals surface area contributed by atoms with Crippen LogP contribution in [-0.2, 0) is 9.53 Å². The summed E-state index contributed by atoms with van der Waals surface area (Å²) in [5.41, 5.74) is 1.44. The number of carbonyl (C=O) groups is 1. The molecule has 1 unspecified atom stereocenters. The molecule has 1 aromatic heterocycles. The summed E-state index contributed by atoms with van der Waals surface area (Å²) >= 11 is 1.16. The Morgan fingerprint density at radius 2 is 1.95 bits per heavy atom. The van der Waals surface area contributed by atoms with Crippen LogP contribution in [0.15, 0.2) is 76.2 Å². The van der Waals surface area contributed by atoms with Gasteiger partial charge in [0.05, 0.1) is 41.0 Å². The first-order valence-corrected chi connectivity index (χ1v) is 11.9. The highest BCUT2D eigenvalue weighted by atomic mass is 32.1. The van der Waals surface area contributed by atoms with Crippen molar-refractivity contribution in [3.05, 3.63) is 107 Å². The number of methoxy groups -OCH3 is 2. The van der Waals surface area contributed by atoms with Crippen LogP contribution in [0.5, 0.6) is 11.5 Å². The third-order valence-electron chi connectivity index (χ3n) is 5.69. The third-order valence-corrected chi connectivity index (χ3v) is 6.67. The summed E-state index contributed by atoms with van der Waals surface area (Å²) < 4.78 is 18.0. The predicted octanol–water partition coefficient (Wildman–Crippen LogP) is 2.89. The molecule has 0 N–H and O–H groups in total. The Morgan fingerprint density at radius 3 is 2.57 bits per heavy atom. The number of non-ortho nitro benzene ring substituents is 1. The molecule has 190 valence electrons. The zero-order valence-corrected chi connectivity index (χ0v) is 21.1. The van der Waals surface area contributed by atoms with E-state index in [1.165, 1.54) is 30.9 Å². The van der Waals surface area contributed by atoms with E-state index in [1.807, 2.05) is 0 Å². The Morgan fingerprint density at radius 1 is 1.22 bits per heavy atom. The average Bonchev–Trinajstić information content (AvgIpc) is 3.20. The summed E-state index contributed by atoms with van der Waals surface area (Å²) in [4.78, 5) is 41.9. The topological polar surface area (TPSA) is 122 Å². The number of esters is 1. The molecule has 11 heteroatoms. The number of nitro benzene ring substituents is 1. The van der Waals surface area contributed by atoms with Crippen LogP contribution in [0.3, 0.4) is 0 Å². The van der Waals surface area contributed by atoms with Gasteiger partial charge in [0.1, 0.15) is 6.61 Å². The fraction of sp³-hybridized carbons (Fsp3) is 0.192. The minimum Gasteiger partial charge on any atom is -0.493 e. The largest absolute Gasteiger partial charge is 0.493 e. The molecular formula is C26H23N3O7S. The van der Waals surface area contributed by atoms with Crippen molar-refractivity contribution < 1.29 is 23.9 Å². The zero-order chi connectivity index (χ0) is 26.7. The van der Waals surface area contributed by atoms with Gasteiger partial charge in [0.25, 0.3) is 11.2 Å². The lowest BCUT2D eigenvalue weighted by atomic mass is 9.95. The minimum absolute atomic E-state index is 0.0496. The number of ether oxygens (including phenoxy) is 3. The van der Waals surface area contributed by atoms with Crippen molar-refractivity contribution in [2.75, 3.05) is 20.8 Å². The van der Waals surface area contributed by atoms with E-state index in [1.54, 1.807) is 49.4 Å². The highest BCUT2D eigenvalue weighted by molar-refractivity contribution is 7.07. The van der Waals surface area contributed by atoms with E-state index in [-0.39, 0.29) is 23.4 Å². The number of hydrogen-bond donors (Lipinski definition) is 0. The number of hydrogen-bond acceptors (Lipinski definition) is 9. The number of nitrogens with zero attached hydrogens (tertiary/aromatic N) is 3. The maximum atomic E-state index is 13.6. The lowest BCUT2D eigenvalue weighted by Crippen LogP contribution is -2.39. The molecule has 3 aromatic rings. The summed E-state index contributed by atoms with van der Waals surface area (Å²) in [5.74, 6) is 0.296. The first-order chi connectivity index (χ1) is 17.8. The minimum atomic E-state index is -0.829. The molecule has 2 heterocycles. The van der Waals surface area contributed by atoms with E-state index in [0.717, 1.165) is 11.3 Å². The normalized spacial score (nSPS) is 15.0. The molecule has 0 amide bonds. The van der Waals surface area contributed by atoms with Crippen molar-refractivity contribution in [3.63, 3.8) is 0 Å². The zero-order valence-electron chi connectivity index (χ0n) is 20.3. The van der Waals surface area contributed by atoms with Crippen LogP contribution in [0.4, 0.5) is 5.69 Å². The molecule has 0 radical (unpaired) electrons. The summed E-state index contributed by atoms with van der Waals surface area (Å²) in [6, 6.07) is 10.2. The van der Waals surface area contributed by atoms with E-state index in [9.17, 15) is 19.7 Å². The first kappa shape index (κ1) is 25.6. The molecule has 1 atom stereocenters. The molecular weight excluding hydrogens is 498 g/mol. The van der Waals surface area contributed by atoms with Gasteiger partial charge >= 0.3 is 5.97 Å². The van der Waals surface area contributed by atoms with Gasteiger partial charge in [0, 0.05) is 12.1 Å². The Kier molecular flexibility index (Phi) is 7.35. The van der Waals surface area contributed by atoms with Gasteiger partial charge in [-0.05, 0) is 48.4 Å². The number of aromatic nitrogens is 1. The molecule has 4 rings (SSSR count). The second kappa shape index (κ2) is 10.6. The lowest BCUT2D eigenvalue weighted by Gasteiger charge is -2.25. The van der Waals surface area contributed by atoms with Crippen LogP contribution in [0, 0.1) is 10.1 Å². The van der Waals surface area contributed by atoms with Crippen molar-refractivity contribution in [3.8, 4) is 11.5 Å². The number of thiazole rings is 1. The van der Waals surface area contributed by atoms with E-state index in [4.69, 9.17) is 14.2 Å². The summed E-state index contributed by atoms with van der Waals surface area (Å²) in [6.07, 6.45) is 3.24. The number of allylic oxidation sites excluding steroid dienone is 1. The lowest BCUT2D eigenvalue weighted by molar-refractivity contribution is -0.384. The van der Waals surface area contributed by atoms with E-state index in [2.05, 4.69) is 11.6 Å². The van der Waals surface area contributed by atoms with E-state index in [0.29, 0.717) is 37.7 Å².